The highest BCUT2D eigenvalue weighted by atomic mass is 35.6. The van der Waals surface area contributed by atoms with Crippen LogP contribution in [0.2, 0.25) is 0 Å². The van der Waals surface area contributed by atoms with Crippen LogP contribution in [0.15, 0.2) is 18.2 Å². The molecule has 0 amide bonds. The Bertz CT molecular complexity index is 800. The van der Waals surface area contributed by atoms with Crippen molar-refractivity contribution in [3.8, 4) is 11.5 Å². The van der Waals surface area contributed by atoms with E-state index in [2.05, 4.69) is 15.0 Å². The van der Waals surface area contributed by atoms with E-state index >= 15 is 0 Å². The van der Waals surface area contributed by atoms with Gasteiger partial charge in [-0.3, -0.25) is 0 Å². The highest BCUT2D eigenvalue weighted by molar-refractivity contribution is 6.67. The summed E-state index contributed by atoms with van der Waals surface area (Å²) < 4.78 is 6.78. The number of fused-ring (bicyclic) bond motifs is 1. The molecule has 3 rings (SSSR count). The zero-order chi connectivity index (χ0) is 18.2. The van der Waals surface area contributed by atoms with Gasteiger partial charge in [0, 0.05) is 0 Å². The number of halogens is 6. The van der Waals surface area contributed by atoms with E-state index in [1.165, 1.54) is 0 Å². The molecule has 2 heterocycles. The Kier molecular flexibility index (Phi) is 5.45. The topological polar surface area (TPSA) is 57.1 Å². The van der Waals surface area contributed by atoms with Gasteiger partial charge in [-0.15, -0.1) is 0 Å². The lowest BCUT2D eigenvalue weighted by Crippen LogP contribution is -2.16. The van der Waals surface area contributed by atoms with E-state index in [1.807, 2.05) is 6.07 Å². The van der Waals surface area contributed by atoms with Crippen LogP contribution in [0, 0.1) is 0 Å². The van der Waals surface area contributed by atoms with E-state index < -0.39 is 7.59 Å². The Labute approximate surface area is 172 Å². The van der Waals surface area contributed by atoms with Crippen molar-refractivity contribution >= 4 is 81.8 Å². The smallest absolute Gasteiger partial charge is 0.250 e. The third kappa shape index (κ3) is 4.73. The fraction of sp³-hybridized carbons (Fsp3) is 0.214. The first-order chi connectivity index (χ1) is 11.6. The largest absolute Gasteiger partial charge is 0.454 e. The van der Waals surface area contributed by atoms with E-state index in [0.717, 1.165) is 5.56 Å². The van der Waals surface area contributed by atoms with Crippen LogP contribution in [-0.2, 0) is 7.59 Å². The van der Waals surface area contributed by atoms with Gasteiger partial charge in [0.1, 0.15) is 0 Å². The lowest BCUT2D eigenvalue weighted by atomic mass is 10.2. The zero-order valence-electron chi connectivity index (χ0n) is 12.0. The maximum atomic E-state index is 5.83. The minimum Gasteiger partial charge on any atom is -0.454 e. The van der Waals surface area contributed by atoms with Gasteiger partial charge in [0.25, 0.3) is 0 Å². The molecule has 0 radical (unpaired) electrons. The quantitative estimate of drug-likeness (QED) is 0.558. The summed E-state index contributed by atoms with van der Waals surface area (Å²) in [5.41, 5.74) is 0.815. The highest BCUT2D eigenvalue weighted by Crippen LogP contribution is 2.40. The van der Waals surface area contributed by atoms with Gasteiger partial charge in [-0.2, -0.15) is 0 Å². The van der Waals surface area contributed by atoms with Gasteiger partial charge in [0.05, 0.1) is 0 Å². The summed E-state index contributed by atoms with van der Waals surface area (Å²) in [7, 11) is 0. The van der Waals surface area contributed by atoms with Gasteiger partial charge in [-0.05, 0) is 23.8 Å². The van der Waals surface area contributed by atoms with Gasteiger partial charge >= 0.3 is 0 Å². The van der Waals surface area contributed by atoms with Crippen LogP contribution >= 0.6 is 69.6 Å². The summed E-state index contributed by atoms with van der Waals surface area (Å²) >= 11 is 35.0. The number of rotatable bonds is 2. The number of ether oxygens (including phenoxy) is 2. The lowest BCUT2D eigenvalue weighted by molar-refractivity contribution is 0.174. The van der Waals surface area contributed by atoms with E-state index in [-0.39, 0.29) is 24.3 Å². The number of hydrogen-bond donors (Lipinski definition) is 0. The second kappa shape index (κ2) is 7.14. The molecule has 132 valence electrons. The molecule has 1 aliphatic heterocycles. The van der Waals surface area contributed by atoms with Crippen LogP contribution in [0.25, 0.3) is 12.2 Å². The monoisotopic (exact) mass is 459 g/mol. The molecule has 0 fully saturated rings. The number of benzene rings is 1. The second-order valence-corrected chi connectivity index (χ2v) is 9.34. The number of aromatic nitrogens is 3. The maximum absolute atomic E-state index is 5.83. The molecule has 2 aromatic rings. The number of nitrogens with zero attached hydrogens (tertiary/aromatic N) is 3. The minimum absolute atomic E-state index is 0.154. The molecule has 0 spiro atoms. The Hall–Kier alpha value is -0.690. The summed E-state index contributed by atoms with van der Waals surface area (Å²) in [6, 6.07) is 5.41. The molecule has 0 N–H and O–H groups in total. The molecular formula is C14H7Cl6N3O2. The summed E-state index contributed by atoms with van der Waals surface area (Å²) in [5.74, 6) is 1.17. The normalized spacial score (nSPS) is 14.3. The summed E-state index contributed by atoms with van der Waals surface area (Å²) in [4.78, 5) is 12.0. The van der Waals surface area contributed by atoms with E-state index in [9.17, 15) is 0 Å². The van der Waals surface area contributed by atoms with Crippen LogP contribution in [0.5, 0.6) is 11.5 Å². The van der Waals surface area contributed by atoms with Crippen molar-refractivity contribution in [1.29, 1.82) is 0 Å². The predicted octanol–water partition coefficient (Wildman–Crippen LogP) is 5.42. The molecule has 1 aromatic carbocycles. The Morgan fingerprint density at radius 2 is 1.40 bits per heavy atom. The van der Waals surface area contributed by atoms with Gasteiger partial charge in [-0.25, -0.2) is 15.0 Å². The maximum Gasteiger partial charge on any atom is 0.250 e. The van der Waals surface area contributed by atoms with E-state index in [4.69, 9.17) is 79.1 Å². The van der Waals surface area contributed by atoms with Crippen LogP contribution in [0.3, 0.4) is 0 Å². The third-order valence-electron chi connectivity index (χ3n) is 2.98. The molecule has 1 aliphatic rings. The molecule has 0 saturated heterocycles. The fourth-order valence-electron chi connectivity index (χ4n) is 1.91. The second-order valence-electron chi connectivity index (χ2n) is 4.78. The van der Waals surface area contributed by atoms with Gasteiger partial charge < -0.3 is 9.47 Å². The third-order valence-corrected chi connectivity index (χ3v) is 4.00. The average molecular weight is 462 g/mol. The van der Waals surface area contributed by atoms with Crippen molar-refractivity contribution in [2.45, 2.75) is 7.59 Å². The molecule has 0 bridgehead atoms. The fourth-order valence-corrected chi connectivity index (χ4v) is 2.42. The standard InChI is InChI=1S/C14H7Cl6N3O2/c15-13(16,17)11-21-10(22-12(23-11)14(18,19)20)4-2-7-1-3-8-9(5-7)25-6-24-8/h1-5H,6H2. The highest BCUT2D eigenvalue weighted by Gasteiger charge is 2.33. The van der Waals surface area contributed by atoms with Crippen molar-refractivity contribution in [2.24, 2.45) is 0 Å². The minimum atomic E-state index is -1.89. The summed E-state index contributed by atoms with van der Waals surface area (Å²) in [6.45, 7) is 0.190. The van der Waals surface area contributed by atoms with Gasteiger partial charge in [0.2, 0.25) is 14.4 Å². The Morgan fingerprint density at radius 1 is 0.800 bits per heavy atom. The van der Waals surface area contributed by atoms with Crippen LogP contribution in [0.4, 0.5) is 0 Å². The first-order valence-electron chi connectivity index (χ1n) is 6.61. The predicted molar refractivity (Wildman–Crippen MR) is 99.8 cm³/mol. The summed E-state index contributed by atoms with van der Waals surface area (Å²) in [6.07, 6.45) is 3.29. The van der Waals surface area contributed by atoms with Gasteiger partial charge in [-0.1, -0.05) is 81.7 Å². The lowest BCUT2D eigenvalue weighted by Gasteiger charge is -2.14. The molecule has 25 heavy (non-hydrogen) atoms. The first kappa shape index (κ1) is 19.1. The van der Waals surface area contributed by atoms with Crippen LogP contribution in [-0.4, -0.2) is 21.7 Å². The van der Waals surface area contributed by atoms with Crippen molar-refractivity contribution in [3.05, 3.63) is 41.2 Å². The van der Waals surface area contributed by atoms with Crippen molar-refractivity contribution in [1.82, 2.24) is 15.0 Å². The molecule has 11 heteroatoms. The zero-order valence-corrected chi connectivity index (χ0v) is 16.6. The average Bonchev–Trinajstić information content (AvgIpc) is 2.98. The summed E-state index contributed by atoms with van der Waals surface area (Å²) in [5, 5.41) is 0. The molecule has 0 unspecified atom stereocenters. The molecular weight excluding hydrogens is 455 g/mol. The van der Waals surface area contributed by atoms with Crippen molar-refractivity contribution in [3.63, 3.8) is 0 Å². The van der Waals surface area contributed by atoms with Crippen molar-refractivity contribution < 1.29 is 9.47 Å². The van der Waals surface area contributed by atoms with Gasteiger partial charge in [0.15, 0.2) is 29.0 Å². The van der Waals surface area contributed by atoms with Crippen LogP contribution < -0.4 is 9.47 Å². The SMILES string of the molecule is ClC(Cl)(Cl)c1nc(C=Cc2ccc3c(c2)OCO3)nc(C(Cl)(Cl)Cl)n1. The molecule has 0 saturated carbocycles. The molecule has 1 aromatic heterocycles. The van der Waals surface area contributed by atoms with E-state index in [0.29, 0.717) is 11.5 Å². The molecule has 0 aliphatic carbocycles. The van der Waals surface area contributed by atoms with Crippen LogP contribution in [0.1, 0.15) is 23.0 Å². The van der Waals surface area contributed by atoms with Crippen molar-refractivity contribution in [2.75, 3.05) is 6.79 Å². The number of hydrogen-bond acceptors (Lipinski definition) is 5. The molecule has 0 atom stereocenters. The first-order valence-corrected chi connectivity index (χ1v) is 8.88. The Balaban J connectivity index is 1.96. The number of alkyl halides is 6. The van der Waals surface area contributed by atoms with E-state index in [1.54, 1.807) is 24.3 Å². The molecule has 5 nitrogen and oxygen atoms in total. The Morgan fingerprint density at radius 3 is 2.00 bits per heavy atom.